The molecule has 5 heteroatoms. The molecular formula is C16H24N2O3. The number of piperidine rings is 1. The van der Waals surface area contributed by atoms with Crippen LogP contribution in [0, 0.1) is 6.92 Å². The molecule has 0 atom stereocenters. The van der Waals surface area contributed by atoms with E-state index in [2.05, 4.69) is 0 Å². The first kappa shape index (κ1) is 15.5. The number of carbonyl (C=O) groups excluding carboxylic acids is 1. The molecule has 1 fully saturated rings. The Kier molecular flexibility index (Phi) is 4.94. The van der Waals surface area contributed by atoms with Crippen molar-refractivity contribution >= 4 is 11.8 Å². The number of rotatable bonds is 3. The zero-order valence-electron chi connectivity index (χ0n) is 13.0. The number of amides is 1. The topological polar surface area (TPSA) is 64.8 Å². The molecule has 0 bridgehead atoms. The van der Waals surface area contributed by atoms with Crippen molar-refractivity contribution in [3.63, 3.8) is 0 Å². The molecule has 0 aromatic heterocycles. The van der Waals surface area contributed by atoms with E-state index in [9.17, 15) is 4.79 Å². The largest absolute Gasteiger partial charge is 0.489 e. The number of nitrogen functional groups attached to an aromatic ring is 1. The Hall–Kier alpha value is -1.91. The van der Waals surface area contributed by atoms with Crippen molar-refractivity contribution in [2.24, 2.45) is 0 Å². The fraction of sp³-hybridized carbons (Fsp3) is 0.562. The average Bonchev–Trinajstić information content (AvgIpc) is 2.44. The summed E-state index contributed by atoms with van der Waals surface area (Å²) in [5, 5.41) is 0. The molecule has 5 nitrogen and oxygen atoms in total. The summed E-state index contributed by atoms with van der Waals surface area (Å²) >= 11 is 0. The third-order valence-corrected chi connectivity index (χ3v) is 3.48. The molecule has 1 saturated heterocycles. The van der Waals surface area contributed by atoms with Gasteiger partial charge in [-0.1, -0.05) is 0 Å². The fourth-order valence-corrected chi connectivity index (χ4v) is 2.39. The van der Waals surface area contributed by atoms with E-state index in [1.54, 1.807) is 17.0 Å². The van der Waals surface area contributed by atoms with Crippen LogP contribution in [0.5, 0.6) is 11.5 Å². The highest BCUT2D eigenvalue weighted by atomic mass is 16.6. The maximum atomic E-state index is 12.2. The van der Waals surface area contributed by atoms with Crippen LogP contribution in [0.1, 0.15) is 38.7 Å². The minimum absolute atomic E-state index is 0.0145. The van der Waals surface area contributed by atoms with Crippen molar-refractivity contribution in [1.29, 1.82) is 0 Å². The smallest absolute Gasteiger partial charge is 0.415 e. The summed E-state index contributed by atoms with van der Waals surface area (Å²) in [6, 6.07) is 3.48. The van der Waals surface area contributed by atoms with Gasteiger partial charge >= 0.3 is 6.09 Å². The van der Waals surface area contributed by atoms with Crippen LogP contribution in [0.4, 0.5) is 10.5 Å². The Bertz CT molecular complexity index is 508. The number of hydrogen-bond acceptors (Lipinski definition) is 4. The summed E-state index contributed by atoms with van der Waals surface area (Å²) in [7, 11) is 0. The summed E-state index contributed by atoms with van der Waals surface area (Å²) < 4.78 is 11.2. The van der Waals surface area contributed by atoms with Crippen molar-refractivity contribution in [3.8, 4) is 11.5 Å². The quantitative estimate of drug-likeness (QED) is 0.868. The number of anilines is 1. The van der Waals surface area contributed by atoms with Crippen molar-refractivity contribution in [2.75, 3.05) is 18.8 Å². The first-order chi connectivity index (χ1) is 9.97. The summed E-state index contributed by atoms with van der Waals surface area (Å²) in [5.74, 6) is 1.06. The highest BCUT2D eigenvalue weighted by Gasteiger charge is 2.20. The summed E-state index contributed by atoms with van der Waals surface area (Å²) in [6.07, 6.45) is 2.98. The monoisotopic (exact) mass is 292 g/mol. The van der Waals surface area contributed by atoms with Gasteiger partial charge in [0.2, 0.25) is 0 Å². The van der Waals surface area contributed by atoms with E-state index in [1.165, 1.54) is 6.42 Å². The first-order valence-electron chi connectivity index (χ1n) is 7.51. The maximum Gasteiger partial charge on any atom is 0.415 e. The molecule has 21 heavy (non-hydrogen) atoms. The third kappa shape index (κ3) is 4.03. The lowest BCUT2D eigenvalue weighted by molar-refractivity contribution is 0.142. The molecular weight excluding hydrogens is 268 g/mol. The number of likely N-dealkylation sites (tertiary alicyclic amines) is 1. The molecule has 116 valence electrons. The van der Waals surface area contributed by atoms with Crippen LogP contribution in [0.15, 0.2) is 12.1 Å². The van der Waals surface area contributed by atoms with E-state index >= 15 is 0 Å². The van der Waals surface area contributed by atoms with Crippen LogP contribution >= 0.6 is 0 Å². The van der Waals surface area contributed by atoms with Gasteiger partial charge in [-0.05, 0) is 51.7 Å². The van der Waals surface area contributed by atoms with Gasteiger partial charge in [0.25, 0.3) is 0 Å². The minimum Gasteiger partial charge on any atom is -0.489 e. The summed E-state index contributed by atoms with van der Waals surface area (Å²) in [4.78, 5) is 13.9. The normalized spacial score (nSPS) is 15.1. The number of ether oxygens (including phenoxy) is 2. The molecule has 1 aromatic carbocycles. The standard InChI is InChI=1S/C16H24N2O3/c1-11(2)20-15-10-14(12(3)9-13(15)17)21-16(19)18-7-5-4-6-8-18/h9-11H,4-8,17H2,1-3H3. The molecule has 0 saturated carbocycles. The summed E-state index contributed by atoms with van der Waals surface area (Å²) in [6.45, 7) is 7.26. The Morgan fingerprint density at radius 3 is 2.48 bits per heavy atom. The minimum atomic E-state index is -0.293. The van der Waals surface area contributed by atoms with Gasteiger partial charge in [-0.15, -0.1) is 0 Å². The van der Waals surface area contributed by atoms with Crippen LogP contribution < -0.4 is 15.2 Å². The molecule has 0 aliphatic carbocycles. The molecule has 2 N–H and O–H groups in total. The lowest BCUT2D eigenvalue weighted by Gasteiger charge is -2.26. The Labute approximate surface area is 126 Å². The van der Waals surface area contributed by atoms with Crippen molar-refractivity contribution in [3.05, 3.63) is 17.7 Å². The molecule has 2 rings (SSSR count). The van der Waals surface area contributed by atoms with E-state index in [-0.39, 0.29) is 12.2 Å². The number of carbonyl (C=O) groups is 1. The molecule has 1 amide bonds. The Morgan fingerprint density at radius 1 is 1.19 bits per heavy atom. The Balaban J connectivity index is 2.12. The van der Waals surface area contributed by atoms with Gasteiger partial charge in [-0.25, -0.2) is 4.79 Å². The van der Waals surface area contributed by atoms with Crippen molar-refractivity contribution in [1.82, 2.24) is 4.90 Å². The fourth-order valence-electron chi connectivity index (χ4n) is 2.39. The number of hydrogen-bond donors (Lipinski definition) is 1. The second kappa shape index (κ2) is 6.70. The number of aryl methyl sites for hydroxylation is 1. The van der Waals surface area contributed by atoms with E-state index < -0.39 is 0 Å². The van der Waals surface area contributed by atoms with E-state index in [4.69, 9.17) is 15.2 Å². The maximum absolute atomic E-state index is 12.2. The van der Waals surface area contributed by atoms with Gasteiger partial charge in [0.1, 0.15) is 11.5 Å². The highest BCUT2D eigenvalue weighted by molar-refractivity contribution is 5.72. The van der Waals surface area contributed by atoms with Crippen LogP contribution in [0.3, 0.4) is 0 Å². The third-order valence-electron chi connectivity index (χ3n) is 3.48. The highest BCUT2D eigenvalue weighted by Crippen LogP contribution is 2.32. The molecule has 1 aliphatic rings. The van der Waals surface area contributed by atoms with Crippen LogP contribution in [-0.4, -0.2) is 30.2 Å². The molecule has 0 spiro atoms. The van der Waals surface area contributed by atoms with Gasteiger partial charge in [0, 0.05) is 19.2 Å². The SMILES string of the molecule is Cc1cc(N)c(OC(C)C)cc1OC(=O)N1CCCCC1. The number of benzene rings is 1. The number of nitrogens with zero attached hydrogens (tertiary/aromatic N) is 1. The first-order valence-corrected chi connectivity index (χ1v) is 7.51. The van der Waals surface area contributed by atoms with Gasteiger partial charge in [0.05, 0.1) is 11.8 Å². The lowest BCUT2D eigenvalue weighted by Crippen LogP contribution is -2.37. The van der Waals surface area contributed by atoms with Crippen LogP contribution in [0.25, 0.3) is 0 Å². The van der Waals surface area contributed by atoms with Crippen LogP contribution in [0.2, 0.25) is 0 Å². The van der Waals surface area contributed by atoms with Crippen molar-refractivity contribution in [2.45, 2.75) is 46.1 Å². The van der Waals surface area contributed by atoms with Gasteiger partial charge in [-0.3, -0.25) is 0 Å². The second-order valence-electron chi connectivity index (χ2n) is 5.74. The van der Waals surface area contributed by atoms with E-state index in [0.29, 0.717) is 17.2 Å². The van der Waals surface area contributed by atoms with Crippen LogP contribution in [-0.2, 0) is 0 Å². The Morgan fingerprint density at radius 2 is 1.86 bits per heavy atom. The average molecular weight is 292 g/mol. The predicted molar refractivity (Wildman–Crippen MR) is 82.8 cm³/mol. The molecule has 0 radical (unpaired) electrons. The van der Waals surface area contributed by atoms with Crippen molar-refractivity contribution < 1.29 is 14.3 Å². The van der Waals surface area contributed by atoms with Gasteiger partial charge in [-0.2, -0.15) is 0 Å². The second-order valence-corrected chi connectivity index (χ2v) is 5.74. The molecule has 1 heterocycles. The number of nitrogens with two attached hydrogens (primary N) is 1. The van der Waals surface area contributed by atoms with Gasteiger partial charge < -0.3 is 20.1 Å². The van der Waals surface area contributed by atoms with E-state index in [0.717, 1.165) is 31.5 Å². The predicted octanol–water partition coefficient (Wildman–Crippen LogP) is 3.35. The zero-order chi connectivity index (χ0) is 15.4. The molecule has 0 unspecified atom stereocenters. The molecule has 1 aromatic rings. The molecule has 1 aliphatic heterocycles. The van der Waals surface area contributed by atoms with Gasteiger partial charge in [0.15, 0.2) is 0 Å². The van der Waals surface area contributed by atoms with E-state index in [1.807, 2.05) is 20.8 Å². The lowest BCUT2D eigenvalue weighted by atomic mass is 10.1. The summed E-state index contributed by atoms with van der Waals surface area (Å²) in [5.41, 5.74) is 7.32. The zero-order valence-corrected chi connectivity index (χ0v) is 13.0.